The number of ether oxygens (including phenoxy) is 1. The van der Waals surface area contributed by atoms with Gasteiger partial charge in [-0.2, -0.15) is 0 Å². The fraction of sp³-hybridized carbons (Fsp3) is 0.750. The van der Waals surface area contributed by atoms with Gasteiger partial charge in [-0.25, -0.2) is 0 Å². The molecule has 1 aliphatic carbocycles. The van der Waals surface area contributed by atoms with E-state index < -0.39 is 0 Å². The largest absolute Gasteiger partial charge is 0.378 e. The lowest BCUT2D eigenvalue weighted by molar-refractivity contribution is -0.124. The van der Waals surface area contributed by atoms with E-state index in [-0.39, 0.29) is 5.91 Å². The maximum absolute atomic E-state index is 11.4. The highest BCUT2D eigenvalue weighted by molar-refractivity contribution is 5.76. The number of hydrogen-bond acceptors (Lipinski definition) is 2. The SMILES string of the molecule is C#CCCNC(=O)CC1CC(OCC)C1. The van der Waals surface area contributed by atoms with Crippen molar-refractivity contribution in [2.24, 2.45) is 5.92 Å². The van der Waals surface area contributed by atoms with Crippen molar-refractivity contribution in [2.45, 2.75) is 38.7 Å². The van der Waals surface area contributed by atoms with E-state index in [1.54, 1.807) is 0 Å². The molecule has 0 aromatic heterocycles. The van der Waals surface area contributed by atoms with Crippen molar-refractivity contribution in [3.05, 3.63) is 0 Å². The van der Waals surface area contributed by atoms with Crippen LogP contribution in [-0.2, 0) is 9.53 Å². The lowest BCUT2D eigenvalue weighted by atomic mass is 9.80. The Morgan fingerprint density at radius 3 is 2.93 bits per heavy atom. The highest BCUT2D eigenvalue weighted by atomic mass is 16.5. The van der Waals surface area contributed by atoms with Crippen LogP contribution in [0.3, 0.4) is 0 Å². The van der Waals surface area contributed by atoms with E-state index in [4.69, 9.17) is 11.2 Å². The van der Waals surface area contributed by atoms with Gasteiger partial charge in [0.25, 0.3) is 0 Å². The molecule has 3 heteroatoms. The molecule has 0 radical (unpaired) electrons. The molecule has 0 spiro atoms. The molecule has 0 aromatic rings. The fourth-order valence-corrected chi connectivity index (χ4v) is 1.82. The molecule has 0 atom stereocenters. The zero-order valence-corrected chi connectivity index (χ0v) is 9.29. The summed E-state index contributed by atoms with van der Waals surface area (Å²) in [6.07, 6.45) is 8.75. The first kappa shape index (κ1) is 12.1. The molecular formula is C12H19NO2. The summed E-state index contributed by atoms with van der Waals surface area (Å²) in [6, 6.07) is 0. The number of amides is 1. The highest BCUT2D eigenvalue weighted by Crippen LogP contribution is 2.32. The number of carbonyl (C=O) groups is 1. The molecular weight excluding hydrogens is 190 g/mol. The van der Waals surface area contributed by atoms with E-state index >= 15 is 0 Å². The van der Waals surface area contributed by atoms with Gasteiger partial charge in [-0.1, -0.05) is 0 Å². The Hall–Kier alpha value is -1.01. The van der Waals surface area contributed by atoms with Gasteiger partial charge in [0.2, 0.25) is 5.91 Å². The molecule has 1 fully saturated rings. The minimum atomic E-state index is 0.116. The summed E-state index contributed by atoms with van der Waals surface area (Å²) in [6.45, 7) is 3.36. The van der Waals surface area contributed by atoms with Gasteiger partial charge < -0.3 is 10.1 Å². The van der Waals surface area contributed by atoms with Crippen molar-refractivity contribution in [2.75, 3.05) is 13.2 Å². The quantitative estimate of drug-likeness (QED) is 0.529. The Bertz CT molecular complexity index is 238. The van der Waals surface area contributed by atoms with Crippen LogP contribution in [0, 0.1) is 18.3 Å². The first-order valence-corrected chi connectivity index (χ1v) is 5.58. The standard InChI is InChI=1S/C12H19NO2/c1-3-5-6-13-12(14)9-10-7-11(8-10)15-4-2/h1,10-11H,4-9H2,2H3,(H,13,14). The summed E-state index contributed by atoms with van der Waals surface area (Å²) < 4.78 is 5.43. The van der Waals surface area contributed by atoms with Crippen molar-refractivity contribution in [1.82, 2.24) is 5.32 Å². The van der Waals surface area contributed by atoms with E-state index in [0.717, 1.165) is 19.4 Å². The Morgan fingerprint density at radius 2 is 2.33 bits per heavy atom. The van der Waals surface area contributed by atoms with Crippen LogP contribution < -0.4 is 5.32 Å². The number of nitrogens with one attached hydrogen (secondary N) is 1. The average molecular weight is 209 g/mol. The van der Waals surface area contributed by atoms with Crippen molar-refractivity contribution >= 4 is 5.91 Å². The summed E-state index contributed by atoms with van der Waals surface area (Å²) in [5.41, 5.74) is 0. The Morgan fingerprint density at radius 1 is 1.60 bits per heavy atom. The van der Waals surface area contributed by atoms with E-state index in [9.17, 15) is 4.79 Å². The molecule has 1 amide bonds. The normalized spacial score (nSPS) is 24.0. The maximum atomic E-state index is 11.4. The van der Waals surface area contributed by atoms with Crippen LogP contribution in [0.15, 0.2) is 0 Å². The lowest BCUT2D eigenvalue weighted by Gasteiger charge is -2.34. The first-order valence-electron chi connectivity index (χ1n) is 5.58. The van der Waals surface area contributed by atoms with E-state index in [1.807, 2.05) is 6.92 Å². The van der Waals surface area contributed by atoms with Crippen LogP contribution in [-0.4, -0.2) is 25.2 Å². The van der Waals surface area contributed by atoms with Gasteiger partial charge in [-0.3, -0.25) is 4.79 Å². The van der Waals surface area contributed by atoms with Gasteiger partial charge in [0.05, 0.1) is 6.10 Å². The molecule has 1 saturated carbocycles. The highest BCUT2D eigenvalue weighted by Gasteiger charge is 2.30. The molecule has 84 valence electrons. The van der Waals surface area contributed by atoms with Crippen LogP contribution in [0.5, 0.6) is 0 Å². The molecule has 0 aromatic carbocycles. The van der Waals surface area contributed by atoms with E-state index in [2.05, 4.69) is 11.2 Å². The number of hydrogen-bond donors (Lipinski definition) is 1. The Kier molecular flexibility index (Phi) is 5.20. The van der Waals surface area contributed by atoms with Crippen molar-refractivity contribution < 1.29 is 9.53 Å². The predicted molar refractivity (Wildman–Crippen MR) is 59.2 cm³/mol. The second kappa shape index (κ2) is 6.47. The molecule has 15 heavy (non-hydrogen) atoms. The minimum Gasteiger partial charge on any atom is -0.378 e. The maximum Gasteiger partial charge on any atom is 0.220 e. The van der Waals surface area contributed by atoms with E-state index in [0.29, 0.717) is 31.4 Å². The first-order chi connectivity index (χ1) is 7.26. The fourth-order valence-electron chi connectivity index (χ4n) is 1.82. The minimum absolute atomic E-state index is 0.116. The molecule has 1 aliphatic rings. The van der Waals surface area contributed by atoms with Gasteiger partial charge in [-0.05, 0) is 25.7 Å². The topological polar surface area (TPSA) is 38.3 Å². The smallest absolute Gasteiger partial charge is 0.220 e. The Balaban J connectivity index is 2.01. The molecule has 0 bridgehead atoms. The summed E-state index contributed by atoms with van der Waals surface area (Å²) >= 11 is 0. The molecule has 0 unspecified atom stereocenters. The van der Waals surface area contributed by atoms with Crippen LogP contribution in [0.25, 0.3) is 0 Å². The molecule has 0 heterocycles. The van der Waals surface area contributed by atoms with Crippen LogP contribution in [0.1, 0.15) is 32.6 Å². The monoisotopic (exact) mass is 209 g/mol. The lowest BCUT2D eigenvalue weighted by Crippen LogP contribution is -2.35. The summed E-state index contributed by atoms with van der Waals surface area (Å²) in [5.74, 6) is 3.12. The van der Waals surface area contributed by atoms with Gasteiger partial charge in [0, 0.05) is 26.0 Å². The van der Waals surface area contributed by atoms with Gasteiger partial charge in [-0.15, -0.1) is 12.3 Å². The van der Waals surface area contributed by atoms with E-state index in [1.165, 1.54) is 0 Å². The molecule has 0 aliphatic heterocycles. The third kappa shape index (κ3) is 4.35. The van der Waals surface area contributed by atoms with Crippen LogP contribution in [0.4, 0.5) is 0 Å². The third-order valence-electron chi connectivity index (χ3n) is 2.66. The average Bonchev–Trinajstić information content (AvgIpc) is 2.15. The number of carbonyl (C=O) groups excluding carboxylic acids is 1. The zero-order chi connectivity index (χ0) is 11.1. The van der Waals surface area contributed by atoms with Crippen molar-refractivity contribution in [1.29, 1.82) is 0 Å². The summed E-state index contributed by atoms with van der Waals surface area (Å²) in [7, 11) is 0. The molecule has 1 rings (SSSR count). The summed E-state index contributed by atoms with van der Waals surface area (Å²) in [4.78, 5) is 11.4. The predicted octanol–water partition coefficient (Wildman–Crippen LogP) is 1.33. The summed E-state index contributed by atoms with van der Waals surface area (Å²) in [5, 5.41) is 2.81. The second-order valence-corrected chi connectivity index (χ2v) is 3.92. The Labute approximate surface area is 91.6 Å². The van der Waals surface area contributed by atoms with Crippen molar-refractivity contribution in [3.63, 3.8) is 0 Å². The number of terminal acetylenes is 1. The molecule has 0 saturated heterocycles. The number of rotatable bonds is 6. The van der Waals surface area contributed by atoms with Crippen molar-refractivity contribution in [3.8, 4) is 12.3 Å². The van der Waals surface area contributed by atoms with Gasteiger partial charge >= 0.3 is 0 Å². The second-order valence-electron chi connectivity index (χ2n) is 3.92. The molecule has 3 nitrogen and oxygen atoms in total. The molecule has 1 N–H and O–H groups in total. The zero-order valence-electron chi connectivity index (χ0n) is 9.29. The van der Waals surface area contributed by atoms with Gasteiger partial charge in [0.15, 0.2) is 0 Å². The van der Waals surface area contributed by atoms with Gasteiger partial charge in [0.1, 0.15) is 0 Å². The van der Waals surface area contributed by atoms with Crippen LogP contribution >= 0.6 is 0 Å². The van der Waals surface area contributed by atoms with Crippen LogP contribution in [0.2, 0.25) is 0 Å². The third-order valence-corrected chi connectivity index (χ3v) is 2.66.